The topological polar surface area (TPSA) is 96.5 Å². The van der Waals surface area contributed by atoms with E-state index in [9.17, 15) is 19.2 Å². The maximum Gasteiger partial charge on any atom is 0.269 e. The molecule has 0 aliphatic heterocycles. The van der Waals surface area contributed by atoms with Crippen LogP contribution in [0.3, 0.4) is 0 Å². The van der Waals surface area contributed by atoms with E-state index in [0.717, 1.165) is 17.2 Å². The first-order valence-electron chi connectivity index (χ1n) is 10.3. The van der Waals surface area contributed by atoms with Gasteiger partial charge in [-0.25, -0.2) is 4.39 Å². The second kappa shape index (κ2) is 9.38. The molecule has 2 heterocycles. The predicted octanol–water partition coefficient (Wildman–Crippen LogP) is 4.79. The number of fused-ring (bicyclic) bond motifs is 1. The van der Waals surface area contributed by atoms with Crippen molar-refractivity contribution in [3.8, 4) is 17.7 Å². The fourth-order valence-corrected chi connectivity index (χ4v) is 3.25. The van der Waals surface area contributed by atoms with E-state index < -0.39 is 17.3 Å². The summed E-state index contributed by atoms with van der Waals surface area (Å²) < 4.78 is 20.3. The van der Waals surface area contributed by atoms with Crippen molar-refractivity contribution in [2.75, 3.05) is 5.32 Å². The lowest BCUT2D eigenvalue weighted by molar-refractivity contribution is -0.112. The Hall–Kier alpha value is -4.77. The van der Waals surface area contributed by atoms with Gasteiger partial charge in [-0.3, -0.25) is 14.0 Å². The Balaban J connectivity index is 1.80. The number of aromatic nitrogens is 2. The molecule has 0 unspecified atom stereocenters. The lowest BCUT2D eigenvalue weighted by atomic mass is 10.1. The van der Waals surface area contributed by atoms with E-state index in [1.807, 2.05) is 32.0 Å². The molecule has 0 atom stereocenters. The molecule has 0 saturated carbocycles. The number of aryl methyl sites for hydroxylation is 2. The molecule has 0 fully saturated rings. The molecule has 1 N–H and O–H groups in total. The molecule has 0 saturated heterocycles. The summed E-state index contributed by atoms with van der Waals surface area (Å²) in [6.07, 6.45) is 2.67. The van der Waals surface area contributed by atoms with Gasteiger partial charge >= 0.3 is 0 Å². The maximum absolute atomic E-state index is 13.3. The molecule has 4 rings (SSSR count). The normalized spacial score (nSPS) is 11.2. The standard InChI is InChI=1S/C26H19FN4O3/c1-16-6-7-17(2)22(13-16)29-24(32)18(15-28)14-21-25(34-20-10-8-19(27)9-11-20)30-23-5-3-4-12-31(23)26(21)33/h3-14H,1-2H3,(H,29,32)/b18-14-. The summed E-state index contributed by atoms with van der Waals surface area (Å²) in [6.45, 7) is 3.72. The number of hydrogen-bond donors (Lipinski definition) is 1. The van der Waals surface area contributed by atoms with Gasteiger partial charge < -0.3 is 10.1 Å². The zero-order valence-corrected chi connectivity index (χ0v) is 18.4. The molecule has 4 aromatic rings. The zero-order chi connectivity index (χ0) is 24.2. The number of ether oxygens (including phenoxy) is 1. The van der Waals surface area contributed by atoms with Crippen molar-refractivity contribution in [2.24, 2.45) is 0 Å². The predicted molar refractivity (Wildman–Crippen MR) is 126 cm³/mol. The van der Waals surface area contributed by atoms with Crippen LogP contribution in [0.5, 0.6) is 11.6 Å². The van der Waals surface area contributed by atoms with Crippen LogP contribution in [0, 0.1) is 31.0 Å². The second-order valence-corrected chi connectivity index (χ2v) is 7.56. The molecular weight excluding hydrogens is 435 g/mol. The van der Waals surface area contributed by atoms with E-state index in [4.69, 9.17) is 4.74 Å². The summed E-state index contributed by atoms with van der Waals surface area (Å²) in [5, 5.41) is 12.4. The Kier molecular flexibility index (Phi) is 6.19. The average Bonchev–Trinajstić information content (AvgIpc) is 2.83. The number of pyridine rings is 1. The Morgan fingerprint density at radius 2 is 1.91 bits per heavy atom. The van der Waals surface area contributed by atoms with Crippen molar-refractivity contribution in [1.29, 1.82) is 5.26 Å². The number of amides is 1. The van der Waals surface area contributed by atoms with Gasteiger partial charge in [0.05, 0.1) is 0 Å². The number of carbonyl (C=O) groups excluding carboxylic acids is 1. The molecule has 34 heavy (non-hydrogen) atoms. The fourth-order valence-electron chi connectivity index (χ4n) is 3.25. The van der Waals surface area contributed by atoms with E-state index >= 15 is 0 Å². The van der Waals surface area contributed by atoms with Crippen molar-refractivity contribution in [3.63, 3.8) is 0 Å². The lowest BCUT2D eigenvalue weighted by Gasteiger charge is -2.11. The molecule has 1 amide bonds. The van der Waals surface area contributed by atoms with E-state index in [0.29, 0.717) is 11.3 Å². The highest BCUT2D eigenvalue weighted by atomic mass is 19.1. The Bertz CT molecular complexity index is 1530. The van der Waals surface area contributed by atoms with E-state index in [1.54, 1.807) is 24.3 Å². The minimum Gasteiger partial charge on any atom is -0.438 e. The third-order valence-electron chi connectivity index (χ3n) is 5.06. The van der Waals surface area contributed by atoms with Crippen molar-refractivity contribution >= 4 is 23.3 Å². The van der Waals surface area contributed by atoms with Crippen LogP contribution >= 0.6 is 0 Å². The molecule has 2 aromatic heterocycles. The third kappa shape index (κ3) is 4.69. The number of nitriles is 1. The van der Waals surface area contributed by atoms with E-state index in [1.165, 1.54) is 34.9 Å². The third-order valence-corrected chi connectivity index (χ3v) is 5.06. The molecular formula is C26H19FN4O3. The van der Waals surface area contributed by atoms with E-state index in [2.05, 4.69) is 10.3 Å². The van der Waals surface area contributed by atoms with Gasteiger partial charge in [-0.2, -0.15) is 10.2 Å². The van der Waals surface area contributed by atoms with Gasteiger partial charge in [-0.15, -0.1) is 0 Å². The first kappa shape index (κ1) is 22.4. The lowest BCUT2D eigenvalue weighted by Crippen LogP contribution is -2.20. The quantitative estimate of drug-likeness (QED) is 0.346. The van der Waals surface area contributed by atoms with Crippen LogP contribution in [0.1, 0.15) is 16.7 Å². The van der Waals surface area contributed by atoms with Crippen molar-refractivity contribution in [3.05, 3.63) is 105 Å². The van der Waals surface area contributed by atoms with Gasteiger partial charge in [0.15, 0.2) is 0 Å². The van der Waals surface area contributed by atoms with Crippen LogP contribution in [0.25, 0.3) is 11.7 Å². The van der Waals surface area contributed by atoms with Gasteiger partial charge in [0.2, 0.25) is 5.88 Å². The molecule has 0 spiro atoms. The molecule has 0 bridgehead atoms. The van der Waals surface area contributed by atoms with Crippen LogP contribution in [-0.4, -0.2) is 15.3 Å². The zero-order valence-electron chi connectivity index (χ0n) is 18.4. The minimum absolute atomic E-state index is 0.0966. The van der Waals surface area contributed by atoms with Gasteiger partial charge in [0.25, 0.3) is 11.5 Å². The Morgan fingerprint density at radius 3 is 2.65 bits per heavy atom. The SMILES string of the molecule is Cc1ccc(C)c(NC(=O)/C(C#N)=C\c2c(Oc3ccc(F)cc3)nc3ccccn3c2=O)c1. The maximum atomic E-state index is 13.3. The summed E-state index contributed by atoms with van der Waals surface area (Å²) in [6, 6.07) is 17.6. The van der Waals surface area contributed by atoms with Crippen LogP contribution in [-0.2, 0) is 4.79 Å². The van der Waals surface area contributed by atoms with Gasteiger partial charge in [0, 0.05) is 11.9 Å². The van der Waals surface area contributed by atoms with Crippen molar-refractivity contribution in [1.82, 2.24) is 9.38 Å². The molecule has 0 aliphatic carbocycles. The first-order chi connectivity index (χ1) is 16.4. The highest BCUT2D eigenvalue weighted by Crippen LogP contribution is 2.25. The highest BCUT2D eigenvalue weighted by Gasteiger charge is 2.18. The molecule has 0 radical (unpaired) electrons. The minimum atomic E-state index is -0.679. The van der Waals surface area contributed by atoms with Crippen LogP contribution in [0.4, 0.5) is 10.1 Å². The fraction of sp³-hybridized carbons (Fsp3) is 0.0769. The van der Waals surface area contributed by atoms with Gasteiger partial charge in [-0.1, -0.05) is 18.2 Å². The molecule has 8 heteroatoms. The van der Waals surface area contributed by atoms with Crippen LogP contribution in [0.15, 0.2) is 77.2 Å². The molecule has 2 aromatic carbocycles. The van der Waals surface area contributed by atoms with Gasteiger partial charge in [0.1, 0.15) is 34.4 Å². The number of halogens is 1. The van der Waals surface area contributed by atoms with E-state index in [-0.39, 0.29) is 22.8 Å². The molecule has 7 nitrogen and oxygen atoms in total. The number of rotatable bonds is 5. The first-order valence-corrected chi connectivity index (χ1v) is 10.3. The summed E-state index contributed by atoms with van der Waals surface area (Å²) >= 11 is 0. The summed E-state index contributed by atoms with van der Waals surface area (Å²) in [7, 11) is 0. The van der Waals surface area contributed by atoms with Crippen LogP contribution < -0.4 is 15.6 Å². The Morgan fingerprint density at radius 1 is 1.15 bits per heavy atom. The Labute approximate surface area is 194 Å². The van der Waals surface area contributed by atoms with Crippen molar-refractivity contribution < 1.29 is 13.9 Å². The van der Waals surface area contributed by atoms with Crippen LogP contribution in [0.2, 0.25) is 0 Å². The largest absolute Gasteiger partial charge is 0.438 e. The number of nitrogens with zero attached hydrogens (tertiary/aromatic N) is 3. The number of carbonyl (C=O) groups is 1. The smallest absolute Gasteiger partial charge is 0.269 e. The highest BCUT2D eigenvalue weighted by molar-refractivity contribution is 6.10. The molecule has 168 valence electrons. The number of benzene rings is 2. The number of nitrogens with one attached hydrogen (secondary N) is 1. The summed E-state index contributed by atoms with van der Waals surface area (Å²) in [4.78, 5) is 30.5. The summed E-state index contributed by atoms with van der Waals surface area (Å²) in [5.41, 5.74) is 1.69. The van der Waals surface area contributed by atoms with Crippen molar-refractivity contribution in [2.45, 2.75) is 13.8 Å². The number of hydrogen-bond acceptors (Lipinski definition) is 5. The monoisotopic (exact) mass is 454 g/mol. The van der Waals surface area contributed by atoms with Gasteiger partial charge in [-0.05, 0) is 73.5 Å². The summed E-state index contributed by atoms with van der Waals surface area (Å²) in [5.74, 6) is -1.01. The average molecular weight is 454 g/mol. The second-order valence-electron chi connectivity index (χ2n) is 7.56. The molecule has 0 aliphatic rings. The number of anilines is 1.